The lowest BCUT2D eigenvalue weighted by Crippen LogP contribution is -2.43. The van der Waals surface area contributed by atoms with Crippen molar-refractivity contribution in [2.75, 3.05) is 32.6 Å². The van der Waals surface area contributed by atoms with E-state index in [1.807, 2.05) is 18.2 Å². The van der Waals surface area contributed by atoms with Crippen molar-refractivity contribution in [1.29, 1.82) is 0 Å². The third-order valence-corrected chi connectivity index (χ3v) is 4.02. The normalized spacial score (nSPS) is 19.8. The van der Waals surface area contributed by atoms with E-state index in [0.717, 1.165) is 48.5 Å². The topological polar surface area (TPSA) is 60.6 Å². The number of nitrogen functional groups attached to an aromatic ring is 1. The van der Waals surface area contributed by atoms with Crippen LogP contribution in [0.2, 0.25) is 0 Å². The lowest BCUT2D eigenvalue weighted by atomic mass is 10.1. The lowest BCUT2D eigenvalue weighted by Gasteiger charge is -2.33. The van der Waals surface area contributed by atoms with Crippen molar-refractivity contribution in [2.45, 2.75) is 19.5 Å². The van der Waals surface area contributed by atoms with Crippen molar-refractivity contribution in [2.24, 2.45) is 0 Å². The molecule has 5 heteroatoms. The zero-order valence-electron chi connectivity index (χ0n) is 12.5. The van der Waals surface area contributed by atoms with Crippen molar-refractivity contribution in [3.8, 4) is 5.75 Å². The first kappa shape index (κ1) is 14.1. The maximum absolute atomic E-state index is 6.13. The first-order chi connectivity index (χ1) is 10.2. The van der Waals surface area contributed by atoms with Crippen LogP contribution in [0.4, 0.5) is 5.82 Å². The summed E-state index contributed by atoms with van der Waals surface area (Å²) in [4.78, 5) is 6.90. The molecule has 3 rings (SSSR count). The van der Waals surface area contributed by atoms with Crippen LogP contribution < -0.4 is 10.5 Å². The molecule has 21 heavy (non-hydrogen) atoms. The van der Waals surface area contributed by atoms with E-state index in [9.17, 15) is 0 Å². The van der Waals surface area contributed by atoms with Crippen molar-refractivity contribution >= 4 is 16.7 Å². The largest absolute Gasteiger partial charge is 0.497 e. The summed E-state index contributed by atoms with van der Waals surface area (Å²) in [5, 5.41) is 1.08. The average molecular weight is 287 g/mol. The third kappa shape index (κ3) is 2.94. The summed E-state index contributed by atoms with van der Waals surface area (Å²) in [5.74, 6) is 1.39. The van der Waals surface area contributed by atoms with E-state index in [0.29, 0.717) is 11.9 Å². The van der Waals surface area contributed by atoms with E-state index >= 15 is 0 Å². The van der Waals surface area contributed by atoms with Crippen LogP contribution in [-0.4, -0.2) is 42.8 Å². The molecule has 2 aromatic rings. The van der Waals surface area contributed by atoms with Gasteiger partial charge >= 0.3 is 0 Å². The Kier molecular flexibility index (Phi) is 3.94. The van der Waals surface area contributed by atoms with E-state index < -0.39 is 0 Å². The number of morpholine rings is 1. The van der Waals surface area contributed by atoms with Crippen LogP contribution in [0, 0.1) is 0 Å². The minimum Gasteiger partial charge on any atom is -0.497 e. The molecular weight excluding hydrogens is 266 g/mol. The number of rotatable bonds is 3. The Morgan fingerprint density at radius 3 is 3.05 bits per heavy atom. The van der Waals surface area contributed by atoms with Crippen LogP contribution in [0.15, 0.2) is 24.3 Å². The SMILES string of the molecule is COc1ccc2cc(CN3CCOCC3C)c(N)nc2c1. The number of benzene rings is 1. The number of pyridine rings is 1. The minimum absolute atomic E-state index is 0.407. The van der Waals surface area contributed by atoms with Crippen molar-refractivity contribution in [3.63, 3.8) is 0 Å². The van der Waals surface area contributed by atoms with Crippen LogP contribution in [0.3, 0.4) is 0 Å². The summed E-state index contributed by atoms with van der Waals surface area (Å²) in [6.45, 7) is 5.47. The molecule has 1 atom stereocenters. The summed E-state index contributed by atoms with van der Waals surface area (Å²) in [7, 11) is 1.65. The number of hydrogen-bond acceptors (Lipinski definition) is 5. The summed E-state index contributed by atoms with van der Waals surface area (Å²) >= 11 is 0. The van der Waals surface area contributed by atoms with Gasteiger partial charge in [-0.3, -0.25) is 4.90 Å². The van der Waals surface area contributed by atoms with Gasteiger partial charge in [0.15, 0.2) is 0 Å². The van der Waals surface area contributed by atoms with Gasteiger partial charge in [-0.1, -0.05) is 0 Å². The maximum Gasteiger partial charge on any atom is 0.128 e. The fourth-order valence-corrected chi connectivity index (χ4v) is 2.67. The molecule has 1 unspecified atom stereocenters. The predicted octanol–water partition coefficient (Wildman–Crippen LogP) is 2.05. The van der Waals surface area contributed by atoms with Crippen LogP contribution in [0.1, 0.15) is 12.5 Å². The number of nitrogens with two attached hydrogens (primary N) is 1. The second-order valence-electron chi connectivity index (χ2n) is 5.49. The fraction of sp³-hybridized carbons (Fsp3) is 0.438. The summed E-state index contributed by atoms with van der Waals surface area (Å²) in [6, 6.07) is 8.41. The number of hydrogen-bond donors (Lipinski definition) is 1. The van der Waals surface area contributed by atoms with Gasteiger partial charge in [-0.05, 0) is 25.1 Å². The summed E-state index contributed by atoms with van der Waals surface area (Å²) in [6.07, 6.45) is 0. The van der Waals surface area contributed by atoms with E-state index in [2.05, 4.69) is 22.9 Å². The molecule has 1 aliphatic rings. The molecule has 0 amide bonds. The molecule has 0 radical (unpaired) electrons. The van der Waals surface area contributed by atoms with Gasteiger partial charge in [0.2, 0.25) is 0 Å². The molecule has 0 saturated carbocycles. The highest BCUT2D eigenvalue weighted by Crippen LogP contribution is 2.24. The quantitative estimate of drug-likeness (QED) is 0.936. The zero-order valence-corrected chi connectivity index (χ0v) is 12.5. The number of nitrogens with zero attached hydrogens (tertiary/aromatic N) is 2. The third-order valence-electron chi connectivity index (χ3n) is 4.02. The molecule has 1 fully saturated rings. The average Bonchev–Trinajstić information content (AvgIpc) is 2.49. The van der Waals surface area contributed by atoms with Gasteiger partial charge in [-0.2, -0.15) is 0 Å². The molecule has 112 valence electrons. The molecule has 1 saturated heterocycles. The zero-order chi connectivity index (χ0) is 14.8. The number of ether oxygens (including phenoxy) is 2. The van der Waals surface area contributed by atoms with Gasteiger partial charge in [-0.25, -0.2) is 4.98 Å². The minimum atomic E-state index is 0.407. The molecule has 1 aromatic carbocycles. The standard InChI is InChI=1S/C16H21N3O2/c1-11-10-21-6-5-19(11)9-13-7-12-3-4-14(20-2)8-15(12)18-16(13)17/h3-4,7-8,11H,5-6,9-10H2,1-2H3,(H2,17,18). The Bertz CT molecular complexity index is 645. The Labute approximate surface area is 124 Å². The highest BCUT2D eigenvalue weighted by Gasteiger charge is 2.20. The van der Waals surface area contributed by atoms with Crippen molar-refractivity contribution in [3.05, 3.63) is 29.8 Å². The first-order valence-electron chi connectivity index (χ1n) is 7.22. The molecule has 2 N–H and O–H groups in total. The van der Waals surface area contributed by atoms with E-state index in [-0.39, 0.29) is 0 Å². The fourth-order valence-electron chi connectivity index (χ4n) is 2.67. The monoisotopic (exact) mass is 287 g/mol. The van der Waals surface area contributed by atoms with Crippen molar-refractivity contribution in [1.82, 2.24) is 9.88 Å². The van der Waals surface area contributed by atoms with Gasteiger partial charge in [0.05, 0.1) is 25.8 Å². The number of anilines is 1. The van der Waals surface area contributed by atoms with Crippen LogP contribution in [-0.2, 0) is 11.3 Å². The molecule has 0 bridgehead atoms. The van der Waals surface area contributed by atoms with Crippen LogP contribution >= 0.6 is 0 Å². The number of methoxy groups -OCH3 is 1. The second kappa shape index (κ2) is 5.87. The molecule has 2 heterocycles. The Morgan fingerprint density at radius 2 is 2.29 bits per heavy atom. The highest BCUT2D eigenvalue weighted by atomic mass is 16.5. The Morgan fingerprint density at radius 1 is 1.43 bits per heavy atom. The predicted molar refractivity (Wildman–Crippen MR) is 83.4 cm³/mol. The number of aromatic nitrogens is 1. The summed E-state index contributed by atoms with van der Waals surface area (Å²) < 4.78 is 10.7. The highest BCUT2D eigenvalue weighted by molar-refractivity contribution is 5.82. The molecular formula is C16H21N3O2. The number of fused-ring (bicyclic) bond motifs is 1. The van der Waals surface area contributed by atoms with Gasteiger partial charge in [0, 0.05) is 36.1 Å². The van der Waals surface area contributed by atoms with E-state index in [1.165, 1.54) is 0 Å². The summed E-state index contributed by atoms with van der Waals surface area (Å²) in [5.41, 5.74) is 8.07. The molecule has 1 aliphatic heterocycles. The molecule has 0 aliphatic carbocycles. The Balaban J connectivity index is 1.90. The van der Waals surface area contributed by atoms with E-state index in [1.54, 1.807) is 7.11 Å². The van der Waals surface area contributed by atoms with Gasteiger partial charge in [-0.15, -0.1) is 0 Å². The van der Waals surface area contributed by atoms with Crippen LogP contribution in [0.5, 0.6) is 5.75 Å². The molecule has 0 spiro atoms. The molecule has 1 aromatic heterocycles. The first-order valence-corrected chi connectivity index (χ1v) is 7.22. The van der Waals surface area contributed by atoms with Crippen molar-refractivity contribution < 1.29 is 9.47 Å². The lowest BCUT2D eigenvalue weighted by molar-refractivity contribution is -0.00429. The van der Waals surface area contributed by atoms with E-state index in [4.69, 9.17) is 15.2 Å². The smallest absolute Gasteiger partial charge is 0.128 e. The van der Waals surface area contributed by atoms with Crippen LogP contribution in [0.25, 0.3) is 10.9 Å². The Hall–Kier alpha value is -1.85. The molecule has 5 nitrogen and oxygen atoms in total. The van der Waals surface area contributed by atoms with Gasteiger partial charge < -0.3 is 15.2 Å². The second-order valence-corrected chi connectivity index (χ2v) is 5.49. The van der Waals surface area contributed by atoms with Gasteiger partial charge in [0.25, 0.3) is 0 Å². The van der Waals surface area contributed by atoms with Gasteiger partial charge in [0.1, 0.15) is 11.6 Å². The maximum atomic E-state index is 6.13.